The maximum atomic E-state index is 2.48. The van der Waals surface area contributed by atoms with E-state index in [2.05, 4.69) is 69.3 Å². The molecule has 0 nitrogen and oxygen atoms in total. The van der Waals surface area contributed by atoms with E-state index >= 15 is 0 Å². The Hall–Kier alpha value is -0.747. The van der Waals surface area contributed by atoms with Crippen LogP contribution in [0.3, 0.4) is 0 Å². The van der Waals surface area contributed by atoms with Crippen LogP contribution in [0.4, 0.5) is 0 Å². The Labute approximate surface area is 174 Å². The first kappa shape index (κ1) is 20.6. The fourth-order valence-corrected chi connectivity index (χ4v) is 6.62. The van der Waals surface area contributed by atoms with Crippen LogP contribution in [0.2, 0.25) is 0 Å². The van der Waals surface area contributed by atoms with Crippen molar-refractivity contribution < 1.29 is 47.6 Å². The van der Waals surface area contributed by atoms with Crippen LogP contribution in [-0.4, -0.2) is 3.21 Å². The second-order valence-corrected chi connectivity index (χ2v) is 11.3. The minimum Gasteiger partial charge on any atom is -1.00 e. The summed E-state index contributed by atoms with van der Waals surface area (Å²) >= 11 is -0.479. The molecule has 0 heterocycles. The Morgan fingerprint density at radius 3 is 2.32 bits per heavy atom. The van der Waals surface area contributed by atoms with Gasteiger partial charge < -0.3 is 24.8 Å². The molecular weight excluding hydrogens is 426 g/mol. The molecule has 0 amide bonds. The van der Waals surface area contributed by atoms with Crippen molar-refractivity contribution in [2.75, 3.05) is 0 Å². The molecule has 0 unspecified atom stereocenters. The fraction of sp³-hybridized carbons (Fsp3) is 0.227. The van der Waals surface area contributed by atoms with Crippen molar-refractivity contribution in [3.63, 3.8) is 0 Å². The third kappa shape index (κ3) is 3.70. The van der Waals surface area contributed by atoms with Gasteiger partial charge >= 0.3 is 150 Å². The topological polar surface area (TPSA) is 0 Å². The van der Waals surface area contributed by atoms with E-state index < -0.39 is 22.8 Å². The van der Waals surface area contributed by atoms with Crippen molar-refractivity contribution in [1.29, 1.82) is 0 Å². The normalized spacial score (nSPS) is 14.0. The standard InChI is InChI=1S/C19H15.C3H6.2ClH.Zr/c1-13-6-4-9-15(13)17-10-5-11-18-16-8-3-2-7-14(16)12-19(17)18;1-3-2;;;/h2-3,5,7-11H,4,12H2,1H3;1-2H3;2*1H;/q;;;;+2/p-2. The predicted octanol–water partition coefficient (Wildman–Crippen LogP) is -0.378. The Balaban J connectivity index is 0.00000113. The zero-order valence-corrected chi connectivity index (χ0v) is 18.8. The maximum absolute atomic E-state index is 2.48. The van der Waals surface area contributed by atoms with Gasteiger partial charge in [-0.3, -0.25) is 0 Å². The van der Waals surface area contributed by atoms with E-state index in [-0.39, 0.29) is 24.8 Å². The van der Waals surface area contributed by atoms with Crippen LogP contribution >= 0.6 is 0 Å². The van der Waals surface area contributed by atoms with Crippen LogP contribution in [0.1, 0.15) is 43.9 Å². The summed E-state index contributed by atoms with van der Waals surface area (Å²) < 4.78 is 3.43. The summed E-state index contributed by atoms with van der Waals surface area (Å²) in [4.78, 5) is 0. The summed E-state index contributed by atoms with van der Waals surface area (Å²) in [5.41, 5.74) is 10.4. The van der Waals surface area contributed by atoms with Gasteiger partial charge in [0, 0.05) is 0 Å². The van der Waals surface area contributed by atoms with E-state index in [0.29, 0.717) is 0 Å². The Bertz CT molecular complexity index is 900. The molecule has 0 saturated carbocycles. The molecule has 2 aliphatic carbocycles. The predicted molar refractivity (Wildman–Crippen MR) is 96.3 cm³/mol. The van der Waals surface area contributed by atoms with E-state index in [1.807, 2.05) is 0 Å². The second-order valence-electron chi connectivity index (χ2n) is 6.72. The van der Waals surface area contributed by atoms with Crippen molar-refractivity contribution >= 4 is 8.78 Å². The third-order valence-corrected chi connectivity index (χ3v) is 8.30. The smallest absolute Gasteiger partial charge is 1.00 e. The van der Waals surface area contributed by atoms with Gasteiger partial charge in [0.15, 0.2) is 0 Å². The van der Waals surface area contributed by atoms with Gasteiger partial charge in [0.25, 0.3) is 0 Å². The largest absolute Gasteiger partial charge is 1.00 e. The molecule has 2 aromatic carbocycles. The number of hydrogen-bond donors (Lipinski definition) is 0. The van der Waals surface area contributed by atoms with E-state index in [1.54, 1.807) is 12.1 Å². The fourth-order valence-electron chi connectivity index (χ4n) is 3.84. The molecule has 0 N–H and O–H groups in total. The molecule has 0 aliphatic heterocycles. The molecule has 0 bridgehead atoms. The number of benzene rings is 2. The molecule has 3 heteroatoms. The minimum atomic E-state index is -0.479. The van der Waals surface area contributed by atoms with Gasteiger partial charge in [-0.2, -0.15) is 0 Å². The van der Waals surface area contributed by atoms with Crippen molar-refractivity contribution in [3.05, 3.63) is 74.1 Å². The van der Waals surface area contributed by atoms with Crippen molar-refractivity contribution in [1.82, 2.24) is 0 Å². The molecule has 2 aromatic rings. The van der Waals surface area contributed by atoms with Crippen molar-refractivity contribution in [3.8, 4) is 11.1 Å². The van der Waals surface area contributed by atoms with E-state index in [9.17, 15) is 0 Å². The summed E-state index contributed by atoms with van der Waals surface area (Å²) in [7, 11) is 0. The molecule has 0 radical (unpaired) electrons. The minimum absolute atomic E-state index is 0. The monoisotopic (exact) mass is 445 g/mol. The summed E-state index contributed by atoms with van der Waals surface area (Å²) in [5.74, 6) is 0. The number of allylic oxidation sites excluding steroid dienone is 4. The zero-order valence-electron chi connectivity index (χ0n) is 14.8. The number of rotatable bonds is 2. The van der Waals surface area contributed by atoms with Gasteiger partial charge in [-0.05, 0) is 0 Å². The molecule has 127 valence electrons. The molecule has 0 saturated heterocycles. The Morgan fingerprint density at radius 2 is 1.56 bits per heavy atom. The summed E-state index contributed by atoms with van der Waals surface area (Å²) in [6.07, 6.45) is 4.75. The average molecular weight is 448 g/mol. The molecule has 25 heavy (non-hydrogen) atoms. The summed E-state index contributed by atoms with van der Waals surface area (Å²) in [6, 6.07) is 15.7. The van der Waals surface area contributed by atoms with E-state index in [0.717, 1.165) is 6.42 Å². The van der Waals surface area contributed by atoms with E-state index in [4.69, 9.17) is 0 Å². The van der Waals surface area contributed by atoms with Gasteiger partial charge in [0.1, 0.15) is 0 Å². The first-order chi connectivity index (χ1) is 11.1. The number of fused-ring (bicyclic) bond motifs is 3. The quantitative estimate of drug-likeness (QED) is 0.503. The number of halogens is 2. The molecular formula is C22H21Cl2Zr. The average Bonchev–Trinajstić information content (AvgIpc) is 3.08. The van der Waals surface area contributed by atoms with Crippen LogP contribution in [0.25, 0.3) is 16.7 Å². The third-order valence-electron chi connectivity index (χ3n) is 4.91. The summed E-state index contributed by atoms with van der Waals surface area (Å²) in [5, 5.41) is 0. The van der Waals surface area contributed by atoms with Crippen molar-refractivity contribution in [2.45, 2.75) is 33.6 Å². The Morgan fingerprint density at radius 1 is 0.880 bits per heavy atom. The van der Waals surface area contributed by atoms with Crippen LogP contribution in [0.15, 0.2) is 57.4 Å². The first-order valence-corrected chi connectivity index (χ1v) is 10.8. The summed E-state index contributed by atoms with van der Waals surface area (Å²) in [6.45, 7) is 6.96. The van der Waals surface area contributed by atoms with Gasteiger partial charge in [0.05, 0.1) is 0 Å². The van der Waals surface area contributed by atoms with Crippen LogP contribution in [0.5, 0.6) is 0 Å². The molecule has 2 aliphatic rings. The molecule has 0 aromatic heterocycles. The van der Waals surface area contributed by atoms with Crippen LogP contribution in [-0.2, 0) is 29.2 Å². The SMILES string of the molecule is C[C](C)=[Zr+2][C]1=C(C)C(c2cccc3c2Cc2ccccc2-3)=CC1.[Cl-].[Cl-]. The molecule has 0 spiro atoms. The Kier molecular flexibility index (Phi) is 6.82. The molecule has 0 fully saturated rings. The van der Waals surface area contributed by atoms with E-state index in [1.165, 1.54) is 39.8 Å². The maximum Gasteiger partial charge on any atom is -1.00 e. The number of hydrogen-bond acceptors (Lipinski definition) is 0. The zero-order chi connectivity index (χ0) is 16.0. The second kappa shape index (κ2) is 8.30. The molecule has 0 atom stereocenters. The molecule has 4 rings (SSSR count). The van der Waals surface area contributed by atoms with Gasteiger partial charge in [-0.25, -0.2) is 0 Å². The first-order valence-electron chi connectivity index (χ1n) is 8.33. The van der Waals surface area contributed by atoms with Gasteiger partial charge in [-0.15, -0.1) is 0 Å². The van der Waals surface area contributed by atoms with Crippen LogP contribution in [0, 0.1) is 0 Å². The van der Waals surface area contributed by atoms with Gasteiger partial charge in [-0.1, -0.05) is 0 Å². The van der Waals surface area contributed by atoms with Crippen molar-refractivity contribution in [2.24, 2.45) is 0 Å². The van der Waals surface area contributed by atoms with Crippen LogP contribution < -0.4 is 24.8 Å². The van der Waals surface area contributed by atoms with Gasteiger partial charge in [0.2, 0.25) is 0 Å².